The first-order chi connectivity index (χ1) is 11.5. The second-order valence-corrected chi connectivity index (χ2v) is 6.81. The van der Waals surface area contributed by atoms with Gasteiger partial charge in [0.2, 0.25) is 5.43 Å². The molecule has 0 spiro atoms. The van der Waals surface area contributed by atoms with Gasteiger partial charge in [-0.2, -0.15) is 0 Å². The standard InChI is InChI=1S/C18H20N2O4/c1-10-15(19-7-6-12(21)8-19)5-4-13-16(10)20(11-2-3-11)9-14(17(13)22)18(23)24/h4-5,9,11-12,21H,2-3,6-8H2,1H3,(H,23,24). The molecule has 1 aliphatic heterocycles. The molecule has 126 valence electrons. The zero-order valence-corrected chi connectivity index (χ0v) is 13.5. The van der Waals surface area contributed by atoms with E-state index in [4.69, 9.17) is 0 Å². The van der Waals surface area contributed by atoms with Gasteiger partial charge in [0.15, 0.2) is 0 Å². The van der Waals surface area contributed by atoms with E-state index in [1.807, 2.05) is 17.6 Å². The van der Waals surface area contributed by atoms with E-state index in [-0.39, 0.29) is 17.7 Å². The summed E-state index contributed by atoms with van der Waals surface area (Å²) in [5.41, 5.74) is 2.22. The lowest BCUT2D eigenvalue weighted by molar-refractivity contribution is 0.0695. The Labute approximate surface area is 138 Å². The number of carboxylic acids is 1. The van der Waals surface area contributed by atoms with Crippen LogP contribution in [0, 0.1) is 6.92 Å². The van der Waals surface area contributed by atoms with Crippen molar-refractivity contribution in [1.82, 2.24) is 4.57 Å². The van der Waals surface area contributed by atoms with Gasteiger partial charge in [0.1, 0.15) is 5.56 Å². The number of aromatic carboxylic acids is 1. The average molecular weight is 328 g/mol. The van der Waals surface area contributed by atoms with Gasteiger partial charge in [-0.3, -0.25) is 4.79 Å². The first kappa shape index (κ1) is 15.2. The number of β-amino-alcohol motifs (C(OH)–C–C–N with tert-alkyl or cyclic N) is 1. The maximum absolute atomic E-state index is 12.6. The fraction of sp³-hybridized carbons (Fsp3) is 0.444. The molecule has 0 bridgehead atoms. The SMILES string of the molecule is Cc1c(N2CCC(O)C2)ccc2c(=O)c(C(=O)O)cn(C3CC3)c12. The first-order valence-corrected chi connectivity index (χ1v) is 8.32. The number of aryl methyl sites for hydroxylation is 1. The smallest absolute Gasteiger partial charge is 0.341 e. The van der Waals surface area contributed by atoms with Crippen LogP contribution in [-0.4, -0.2) is 39.9 Å². The molecule has 1 aromatic carbocycles. The van der Waals surface area contributed by atoms with Crippen LogP contribution in [0.4, 0.5) is 5.69 Å². The summed E-state index contributed by atoms with van der Waals surface area (Å²) in [5.74, 6) is -1.18. The van der Waals surface area contributed by atoms with Crippen LogP contribution in [0.15, 0.2) is 23.1 Å². The van der Waals surface area contributed by atoms with Gasteiger partial charge >= 0.3 is 5.97 Å². The molecule has 1 aromatic heterocycles. The summed E-state index contributed by atoms with van der Waals surface area (Å²) in [5, 5.41) is 19.6. The van der Waals surface area contributed by atoms with Crippen molar-refractivity contribution in [3.63, 3.8) is 0 Å². The number of anilines is 1. The van der Waals surface area contributed by atoms with Crippen molar-refractivity contribution in [2.45, 2.75) is 38.3 Å². The minimum Gasteiger partial charge on any atom is -0.477 e. The minimum atomic E-state index is -1.18. The fourth-order valence-electron chi connectivity index (χ4n) is 3.71. The molecule has 0 radical (unpaired) electrons. The van der Waals surface area contributed by atoms with Gasteiger partial charge in [0.25, 0.3) is 0 Å². The number of nitrogens with zero attached hydrogens (tertiary/aromatic N) is 2. The molecule has 1 unspecified atom stereocenters. The molecule has 0 amide bonds. The van der Waals surface area contributed by atoms with E-state index in [2.05, 4.69) is 4.90 Å². The number of aliphatic hydroxyl groups excluding tert-OH is 1. The number of benzene rings is 1. The maximum Gasteiger partial charge on any atom is 0.341 e. The molecule has 4 rings (SSSR count). The zero-order valence-electron chi connectivity index (χ0n) is 13.5. The van der Waals surface area contributed by atoms with Crippen LogP contribution in [0.2, 0.25) is 0 Å². The Bertz CT molecular complexity index is 898. The topological polar surface area (TPSA) is 82.8 Å². The summed E-state index contributed by atoms with van der Waals surface area (Å²) in [6, 6.07) is 3.88. The third-order valence-electron chi connectivity index (χ3n) is 5.09. The molecule has 1 saturated heterocycles. The third-order valence-corrected chi connectivity index (χ3v) is 5.09. The predicted octanol–water partition coefficient (Wildman–Crippen LogP) is 1.91. The van der Waals surface area contributed by atoms with E-state index in [1.54, 1.807) is 6.07 Å². The van der Waals surface area contributed by atoms with Crippen LogP contribution in [0.5, 0.6) is 0 Å². The Morgan fingerprint density at radius 2 is 2.00 bits per heavy atom. The summed E-state index contributed by atoms with van der Waals surface area (Å²) < 4.78 is 1.96. The highest BCUT2D eigenvalue weighted by Gasteiger charge is 2.29. The summed E-state index contributed by atoms with van der Waals surface area (Å²) in [4.78, 5) is 26.1. The second kappa shape index (κ2) is 5.34. The molecule has 6 heteroatoms. The van der Waals surface area contributed by atoms with Gasteiger partial charge in [-0.1, -0.05) is 0 Å². The van der Waals surface area contributed by atoms with Crippen molar-refractivity contribution >= 4 is 22.6 Å². The third kappa shape index (κ3) is 2.29. The van der Waals surface area contributed by atoms with Crippen molar-refractivity contribution in [2.75, 3.05) is 18.0 Å². The number of fused-ring (bicyclic) bond motifs is 1. The Kier molecular flexibility index (Phi) is 3.38. The maximum atomic E-state index is 12.6. The van der Waals surface area contributed by atoms with Crippen molar-refractivity contribution < 1.29 is 15.0 Å². The molecule has 2 heterocycles. The van der Waals surface area contributed by atoms with Crippen LogP contribution >= 0.6 is 0 Å². The zero-order chi connectivity index (χ0) is 17.0. The Morgan fingerprint density at radius 1 is 1.25 bits per heavy atom. The highest BCUT2D eigenvalue weighted by molar-refractivity contribution is 5.95. The van der Waals surface area contributed by atoms with Crippen molar-refractivity contribution in [2.24, 2.45) is 0 Å². The van der Waals surface area contributed by atoms with E-state index < -0.39 is 11.4 Å². The highest BCUT2D eigenvalue weighted by atomic mass is 16.4. The number of pyridine rings is 1. The number of rotatable bonds is 3. The monoisotopic (exact) mass is 328 g/mol. The van der Waals surface area contributed by atoms with Crippen LogP contribution in [0.3, 0.4) is 0 Å². The molecule has 1 aliphatic carbocycles. The summed E-state index contributed by atoms with van der Waals surface area (Å²) in [7, 11) is 0. The first-order valence-electron chi connectivity index (χ1n) is 8.32. The van der Waals surface area contributed by atoms with Gasteiger partial charge in [-0.15, -0.1) is 0 Å². The molecular weight excluding hydrogens is 308 g/mol. The molecule has 6 nitrogen and oxygen atoms in total. The molecule has 2 aromatic rings. The predicted molar refractivity (Wildman–Crippen MR) is 91.0 cm³/mol. The molecule has 24 heavy (non-hydrogen) atoms. The van der Waals surface area contributed by atoms with Crippen molar-refractivity contribution in [1.29, 1.82) is 0 Å². The molecule has 2 aliphatic rings. The minimum absolute atomic E-state index is 0.168. The van der Waals surface area contributed by atoms with Gasteiger partial charge in [0.05, 0.1) is 11.6 Å². The van der Waals surface area contributed by atoms with Gasteiger partial charge < -0.3 is 19.7 Å². The molecule has 1 saturated carbocycles. The van der Waals surface area contributed by atoms with Crippen LogP contribution in [-0.2, 0) is 0 Å². The Balaban J connectivity index is 1.97. The van der Waals surface area contributed by atoms with E-state index in [0.717, 1.165) is 42.6 Å². The highest BCUT2D eigenvalue weighted by Crippen LogP contribution is 2.39. The van der Waals surface area contributed by atoms with Crippen LogP contribution < -0.4 is 10.3 Å². The summed E-state index contributed by atoms with van der Waals surface area (Å²) in [6.07, 6.45) is 3.93. The van der Waals surface area contributed by atoms with Crippen molar-refractivity contribution in [3.05, 3.63) is 39.7 Å². The molecular formula is C18H20N2O4. The van der Waals surface area contributed by atoms with E-state index in [1.165, 1.54) is 6.20 Å². The van der Waals surface area contributed by atoms with E-state index in [9.17, 15) is 19.8 Å². The summed E-state index contributed by atoms with van der Waals surface area (Å²) in [6.45, 7) is 3.35. The van der Waals surface area contributed by atoms with Crippen molar-refractivity contribution in [3.8, 4) is 0 Å². The number of hydrogen-bond donors (Lipinski definition) is 2. The number of carbonyl (C=O) groups is 1. The fourth-order valence-corrected chi connectivity index (χ4v) is 3.71. The number of aliphatic hydroxyl groups is 1. The molecule has 2 fully saturated rings. The normalized spacial score (nSPS) is 20.8. The van der Waals surface area contributed by atoms with E-state index in [0.29, 0.717) is 11.9 Å². The lowest BCUT2D eigenvalue weighted by atomic mass is 10.0. The van der Waals surface area contributed by atoms with Crippen LogP contribution in [0.1, 0.15) is 41.2 Å². The van der Waals surface area contributed by atoms with E-state index >= 15 is 0 Å². The van der Waals surface area contributed by atoms with Gasteiger partial charge in [-0.05, 0) is 43.9 Å². The number of carboxylic acid groups (broad SMARTS) is 1. The van der Waals surface area contributed by atoms with Gasteiger partial charge in [-0.25, -0.2) is 4.79 Å². The number of aromatic nitrogens is 1. The lowest BCUT2D eigenvalue weighted by Crippen LogP contribution is -2.24. The number of hydrogen-bond acceptors (Lipinski definition) is 4. The lowest BCUT2D eigenvalue weighted by Gasteiger charge is -2.23. The second-order valence-electron chi connectivity index (χ2n) is 6.81. The van der Waals surface area contributed by atoms with Crippen LogP contribution in [0.25, 0.3) is 10.9 Å². The largest absolute Gasteiger partial charge is 0.477 e. The van der Waals surface area contributed by atoms with Gasteiger partial charge in [0, 0.05) is 36.4 Å². The Hall–Kier alpha value is -2.34. The quantitative estimate of drug-likeness (QED) is 0.899. The average Bonchev–Trinajstić information content (AvgIpc) is 3.29. The molecule has 2 N–H and O–H groups in total. The Morgan fingerprint density at radius 3 is 2.58 bits per heavy atom. The molecule has 1 atom stereocenters. The summed E-state index contributed by atoms with van der Waals surface area (Å²) >= 11 is 0.